The third kappa shape index (κ3) is 1.32. The second-order valence-corrected chi connectivity index (χ2v) is 3.42. The van der Waals surface area contributed by atoms with Crippen LogP contribution in [0.15, 0.2) is 24.3 Å². The molecule has 0 aliphatic rings. The van der Waals surface area contributed by atoms with Gasteiger partial charge >= 0.3 is 0 Å². The Balaban J connectivity index is 2.96. The maximum atomic E-state index is 10.8. The summed E-state index contributed by atoms with van der Waals surface area (Å²) in [4.78, 5) is 10.8. The van der Waals surface area contributed by atoms with Gasteiger partial charge in [0.25, 0.3) is 0 Å². The van der Waals surface area contributed by atoms with Crippen molar-refractivity contribution in [3.63, 3.8) is 0 Å². The molecule has 0 spiro atoms. The lowest BCUT2D eigenvalue weighted by Crippen LogP contribution is -1.87. The number of carbonyl (C=O) groups is 1. The SMILES string of the molecule is Cc1c(O)ccc2c(C=O)c(O)ccc12. The standard InChI is InChI=1S/C12H10O3/c1-7-8-2-5-12(15)10(6-13)9(8)3-4-11(7)14/h2-6,14-15H,1H3. The number of aryl methyl sites for hydroxylation is 1. The lowest BCUT2D eigenvalue weighted by Gasteiger charge is -2.07. The fourth-order valence-electron chi connectivity index (χ4n) is 1.68. The van der Waals surface area contributed by atoms with Gasteiger partial charge < -0.3 is 10.2 Å². The maximum absolute atomic E-state index is 10.8. The van der Waals surface area contributed by atoms with Gasteiger partial charge in [-0.3, -0.25) is 4.79 Å². The molecule has 0 fully saturated rings. The van der Waals surface area contributed by atoms with Crippen molar-refractivity contribution in [2.75, 3.05) is 0 Å². The molecule has 0 atom stereocenters. The molecule has 0 aliphatic carbocycles. The molecule has 0 aliphatic heterocycles. The van der Waals surface area contributed by atoms with Gasteiger partial charge in [0, 0.05) is 0 Å². The second kappa shape index (κ2) is 3.28. The van der Waals surface area contributed by atoms with Gasteiger partial charge in [-0.25, -0.2) is 0 Å². The lowest BCUT2D eigenvalue weighted by molar-refractivity contribution is 0.112. The van der Waals surface area contributed by atoms with Gasteiger partial charge in [0.05, 0.1) is 5.56 Å². The first-order valence-corrected chi connectivity index (χ1v) is 4.54. The van der Waals surface area contributed by atoms with Crippen LogP contribution in [0.5, 0.6) is 11.5 Å². The average molecular weight is 202 g/mol. The van der Waals surface area contributed by atoms with Crippen molar-refractivity contribution in [3.05, 3.63) is 35.4 Å². The number of hydrogen-bond donors (Lipinski definition) is 2. The molecule has 0 unspecified atom stereocenters. The number of phenolic OH excluding ortho intramolecular Hbond substituents is 2. The van der Waals surface area contributed by atoms with Gasteiger partial charge in [-0.05, 0) is 41.5 Å². The van der Waals surface area contributed by atoms with E-state index in [1.54, 1.807) is 19.1 Å². The van der Waals surface area contributed by atoms with Crippen molar-refractivity contribution in [2.24, 2.45) is 0 Å². The van der Waals surface area contributed by atoms with Gasteiger partial charge in [0.2, 0.25) is 0 Å². The Morgan fingerprint density at radius 3 is 2.27 bits per heavy atom. The summed E-state index contributed by atoms with van der Waals surface area (Å²) in [6, 6.07) is 6.29. The molecule has 0 radical (unpaired) electrons. The molecule has 0 aromatic heterocycles. The molecule has 0 amide bonds. The number of phenols is 2. The molecule has 0 bridgehead atoms. The van der Waals surface area contributed by atoms with Gasteiger partial charge in [0.1, 0.15) is 11.5 Å². The molecule has 0 heterocycles. The minimum absolute atomic E-state index is 0.0393. The number of fused-ring (bicyclic) bond motifs is 1. The minimum Gasteiger partial charge on any atom is -0.508 e. The van der Waals surface area contributed by atoms with Crippen molar-refractivity contribution in [1.82, 2.24) is 0 Å². The van der Waals surface area contributed by atoms with E-state index < -0.39 is 0 Å². The van der Waals surface area contributed by atoms with Crippen molar-refractivity contribution in [1.29, 1.82) is 0 Å². The lowest BCUT2D eigenvalue weighted by atomic mass is 10.00. The summed E-state index contributed by atoms with van der Waals surface area (Å²) in [6.07, 6.45) is 0.619. The first-order valence-electron chi connectivity index (χ1n) is 4.54. The summed E-state index contributed by atoms with van der Waals surface area (Å²) < 4.78 is 0. The van der Waals surface area contributed by atoms with E-state index in [9.17, 15) is 15.0 Å². The Morgan fingerprint density at radius 2 is 1.60 bits per heavy atom. The van der Waals surface area contributed by atoms with Crippen molar-refractivity contribution >= 4 is 17.1 Å². The Kier molecular flexibility index (Phi) is 2.08. The zero-order chi connectivity index (χ0) is 11.0. The normalized spacial score (nSPS) is 10.5. The van der Waals surface area contributed by atoms with Crippen LogP contribution in [0.3, 0.4) is 0 Å². The zero-order valence-electron chi connectivity index (χ0n) is 8.19. The van der Waals surface area contributed by atoms with E-state index in [0.717, 1.165) is 5.39 Å². The van der Waals surface area contributed by atoms with Crippen LogP contribution in [0.2, 0.25) is 0 Å². The van der Waals surface area contributed by atoms with Gasteiger partial charge in [-0.15, -0.1) is 0 Å². The highest BCUT2D eigenvalue weighted by Gasteiger charge is 2.09. The molecule has 2 N–H and O–H groups in total. The molecule has 0 saturated carbocycles. The van der Waals surface area contributed by atoms with E-state index in [-0.39, 0.29) is 17.1 Å². The van der Waals surface area contributed by atoms with Crippen molar-refractivity contribution < 1.29 is 15.0 Å². The number of carbonyl (C=O) groups excluding carboxylic acids is 1. The van der Waals surface area contributed by atoms with Crippen LogP contribution in [0.4, 0.5) is 0 Å². The molecule has 3 nitrogen and oxygen atoms in total. The number of rotatable bonds is 1. The molecule has 2 aromatic rings. The molecular formula is C12H10O3. The molecule has 0 saturated heterocycles. The summed E-state index contributed by atoms with van der Waals surface area (Å²) in [5.74, 6) is 0.146. The summed E-state index contributed by atoms with van der Waals surface area (Å²) in [5.41, 5.74) is 0.964. The first kappa shape index (κ1) is 9.52. The van der Waals surface area contributed by atoms with Gasteiger partial charge in [-0.2, -0.15) is 0 Å². The quantitative estimate of drug-likeness (QED) is 0.698. The molecule has 3 heteroatoms. The Morgan fingerprint density at radius 1 is 1.00 bits per heavy atom. The summed E-state index contributed by atoms with van der Waals surface area (Å²) in [6.45, 7) is 1.77. The third-order valence-electron chi connectivity index (χ3n) is 2.58. The first-order chi connectivity index (χ1) is 7.15. The fourth-order valence-corrected chi connectivity index (χ4v) is 1.68. The molecule has 15 heavy (non-hydrogen) atoms. The van der Waals surface area contributed by atoms with E-state index in [0.29, 0.717) is 17.2 Å². The highest BCUT2D eigenvalue weighted by molar-refractivity contribution is 6.02. The van der Waals surface area contributed by atoms with Crippen molar-refractivity contribution in [2.45, 2.75) is 6.92 Å². The summed E-state index contributed by atoms with van der Waals surface area (Å²) in [5, 5.41) is 20.4. The Hall–Kier alpha value is -2.03. The largest absolute Gasteiger partial charge is 0.508 e. The van der Waals surface area contributed by atoms with Gasteiger partial charge in [-0.1, -0.05) is 6.07 Å². The van der Waals surface area contributed by atoms with Crippen LogP contribution in [-0.2, 0) is 0 Å². The average Bonchev–Trinajstić information content (AvgIpc) is 2.23. The van der Waals surface area contributed by atoms with Crippen LogP contribution in [-0.4, -0.2) is 16.5 Å². The molecule has 2 aromatic carbocycles. The van der Waals surface area contributed by atoms with E-state index in [1.807, 2.05) is 0 Å². The molecule has 2 rings (SSSR count). The van der Waals surface area contributed by atoms with Crippen LogP contribution in [0, 0.1) is 6.92 Å². The Bertz CT molecular complexity index is 544. The van der Waals surface area contributed by atoms with Crippen LogP contribution in [0.1, 0.15) is 15.9 Å². The smallest absolute Gasteiger partial charge is 0.154 e. The van der Waals surface area contributed by atoms with Crippen LogP contribution < -0.4 is 0 Å². The van der Waals surface area contributed by atoms with E-state index in [1.165, 1.54) is 12.1 Å². The number of aldehydes is 1. The topological polar surface area (TPSA) is 57.5 Å². The third-order valence-corrected chi connectivity index (χ3v) is 2.58. The fraction of sp³-hybridized carbons (Fsp3) is 0.0833. The number of benzene rings is 2. The summed E-state index contributed by atoms with van der Waals surface area (Å²) in [7, 11) is 0. The van der Waals surface area contributed by atoms with Gasteiger partial charge in [0.15, 0.2) is 6.29 Å². The highest BCUT2D eigenvalue weighted by atomic mass is 16.3. The molecular weight excluding hydrogens is 192 g/mol. The zero-order valence-corrected chi connectivity index (χ0v) is 8.19. The maximum Gasteiger partial charge on any atom is 0.154 e. The Labute approximate surface area is 86.6 Å². The van der Waals surface area contributed by atoms with Crippen LogP contribution >= 0.6 is 0 Å². The second-order valence-electron chi connectivity index (χ2n) is 3.42. The minimum atomic E-state index is -0.0393. The summed E-state index contributed by atoms with van der Waals surface area (Å²) >= 11 is 0. The molecule has 76 valence electrons. The monoisotopic (exact) mass is 202 g/mol. The van der Waals surface area contributed by atoms with Crippen molar-refractivity contribution in [3.8, 4) is 11.5 Å². The number of hydrogen-bond acceptors (Lipinski definition) is 3. The van der Waals surface area contributed by atoms with E-state index >= 15 is 0 Å². The number of aromatic hydroxyl groups is 2. The van der Waals surface area contributed by atoms with Crippen LogP contribution in [0.25, 0.3) is 10.8 Å². The van der Waals surface area contributed by atoms with E-state index in [4.69, 9.17) is 0 Å². The highest BCUT2D eigenvalue weighted by Crippen LogP contribution is 2.31. The van der Waals surface area contributed by atoms with E-state index in [2.05, 4.69) is 0 Å². The predicted molar refractivity (Wildman–Crippen MR) is 57.4 cm³/mol. The predicted octanol–water partition coefficient (Wildman–Crippen LogP) is 2.37.